The van der Waals surface area contributed by atoms with E-state index in [-0.39, 0.29) is 0 Å². The predicted octanol–water partition coefficient (Wildman–Crippen LogP) is 1.35. The first-order chi connectivity index (χ1) is 11.4. The van der Waals surface area contributed by atoms with E-state index in [1.807, 2.05) is 0 Å². The summed E-state index contributed by atoms with van der Waals surface area (Å²) in [6.07, 6.45) is -2.27. The summed E-state index contributed by atoms with van der Waals surface area (Å²) in [4.78, 5) is 19.5. The molecule has 0 radical (unpaired) electrons. The van der Waals surface area contributed by atoms with Crippen molar-refractivity contribution in [2.24, 2.45) is 0 Å². The van der Waals surface area contributed by atoms with Gasteiger partial charge in [0.25, 0.3) is 0 Å². The van der Waals surface area contributed by atoms with Gasteiger partial charge in [0, 0.05) is 0 Å². The Morgan fingerprint density at radius 1 is 0.667 bits per heavy atom. The van der Waals surface area contributed by atoms with Crippen LogP contribution in [-0.2, 0) is 22.4 Å². The van der Waals surface area contributed by atoms with Crippen LogP contribution >= 0.6 is 0 Å². The first-order valence-electron chi connectivity index (χ1n) is 7.31. The second-order valence-electron chi connectivity index (χ2n) is 5.04. The highest BCUT2D eigenvalue weighted by Crippen LogP contribution is 2.06. The molecule has 2 rings (SSSR count). The van der Waals surface area contributed by atoms with Crippen LogP contribution in [0.1, 0.15) is 11.1 Å². The standard InChI is InChI=1S/C14H14.C4H6O6/c1-3-7-13(8-4-1)11-12-14-9-5-2-6-10-14;5-1(3(7)8)2(6)4(9)10/h1-10H,11-12H2;1-2,5-6H,(H,7,8)(H,9,10). The van der Waals surface area contributed by atoms with E-state index in [1.54, 1.807) is 0 Å². The lowest BCUT2D eigenvalue weighted by atomic mass is 10.0. The monoisotopic (exact) mass is 332 g/mol. The van der Waals surface area contributed by atoms with Crippen molar-refractivity contribution in [3.63, 3.8) is 0 Å². The summed E-state index contributed by atoms with van der Waals surface area (Å²) in [6.45, 7) is 0. The molecule has 0 saturated heterocycles. The second kappa shape index (κ2) is 10.1. The molecule has 0 bridgehead atoms. The van der Waals surface area contributed by atoms with Crippen LogP contribution in [0.5, 0.6) is 0 Å². The highest BCUT2D eigenvalue weighted by molar-refractivity contribution is 5.83. The predicted molar refractivity (Wildman–Crippen MR) is 87.6 cm³/mol. The zero-order valence-corrected chi connectivity index (χ0v) is 12.9. The van der Waals surface area contributed by atoms with E-state index in [1.165, 1.54) is 11.1 Å². The van der Waals surface area contributed by atoms with Crippen LogP contribution in [0.25, 0.3) is 0 Å². The van der Waals surface area contributed by atoms with Crippen molar-refractivity contribution in [2.75, 3.05) is 0 Å². The minimum atomic E-state index is -2.27. The van der Waals surface area contributed by atoms with Crippen LogP contribution in [0.4, 0.5) is 0 Å². The van der Waals surface area contributed by atoms with E-state index in [9.17, 15) is 9.59 Å². The Morgan fingerprint density at radius 3 is 1.21 bits per heavy atom. The zero-order valence-electron chi connectivity index (χ0n) is 12.9. The summed E-state index contributed by atoms with van der Waals surface area (Å²) in [6, 6.07) is 21.2. The maximum Gasteiger partial charge on any atom is 0.335 e. The Hall–Kier alpha value is -2.70. The van der Waals surface area contributed by atoms with Gasteiger partial charge in [0.15, 0.2) is 12.2 Å². The molecule has 4 N–H and O–H groups in total. The smallest absolute Gasteiger partial charge is 0.335 e. The van der Waals surface area contributed by atoms with Gasteiger partial charge in [-0.15, -0.1) is 0 Å². The average Bonchev–Trinajstić information content (AvgIpc) is 2.61. The summed E-state index contributed by atoms with van der Waals surface area (Å²) in [5.74, 6) is -3.54. The van der Waals surface area contributed by atoms with Crippen LogP contribution in [0, 0.1) is 0 Å². The van der Waals surface area contributed by atoms with Gasteiger partial charge in [0.2, 0.25) is 0 Å². The molecule has 6 nitrogen and oxygen atoms in total. The minimum Gasteiger partial charge on any atom is -0.479 e. The number of hydrogen-bond donors (Lipinski definition) is 4. The second-order valence-corrected chi connectivity index (χ2v) is 5.04. The number of aliphatic hydroxyl groups is 2. The fraction of sp³-hybridized carbons (Fsp3) is 0.222. The molecule has 0 amide bonds. The number of carbonyl (C=O) groups is 2. The molecular formula is C18H20O6. The molecule has 6 heteroatoms. The van der Waals surface area contributed by atoms with Gasteiger partial charge in [-0.05, 0) is 24.0 Å². The van der Waals surface area contributed by atoms with Crippen LogP contribution in [-0.4, -0.2) is 44.6 Å². The molecule has 0 heterocycles. The topological polar surface area (TPSA) is 115 Å². The largest absolute Gasteiger partial charge is 0.479 e. The third-order valence-electron chi connectivity index (χ3n) is 3.19. The quantitative estimate of drug-likeness (QED) is 0.635. The highest BCUT2D eigenvalue weighted by Gasteiger charge is 2.29. The number of rotatable bonds is 6. The van der Waals surface area contributed by atoms with Crippen LogP contribution in [0.15, 0.2) is 60.7 Å². The Balaban J connectivity index is 0.000000257. The molecule has 2 atom stereocenters. The third kappa shape index (κ3) is 7.04. The van der Waals surface area contributed by atoms with Gasteiger partial charge >= 0.3 is 11.9 Å². The highest BCUT2D eigenvalue weighted by atomic mass is 16.4. The SMILES string of the molecule is O=C(O)C(O)C(O)C(=O)O.c1ccc(CCc2ccccc2)cc1. The summed E-state index contributed by atoms with van der Waals surface area (Å²) < 4.78 is 0. The lowest BCUT2D eigenvalue weighted by Crippen LogP contribution is -2.39. The van der Waals surface area contributed by atoms with Gasteiger partial charge in [-0.2, -0.15) is 0 Å². The average molecular weight is 332 g/mol. The normalized spacial score (nSPS) is 12.4. The maximum atomic E-state index is 9.77. The lowest BCUT2D eigenvalue weighted by Gasteiger charge is -2.07. The molecule has 0 fully saturated rings. The first-order valence-corrected chi connectivity index (χ1v) is 7.31. The van der Waals surface area contributed by atoms with E-state index in [0.717, 1.165) is 12.8 Å². The number of benzene rings is 2. The van der Waals surface area contributed by atoms with E-state index in [2.05, 4.69) is 60.7 Å². The van der Waals surface area contributed by atoms with Crippen LogP contribution < -0.4 is 0 Å². The summed E-state index contributed by atoms with van der Waals surface area (Å²) >= 11 is 0. The maximum absolute atomic E-state index is 9.77. The number of aliphatic hydroxyl groups excluding tert-OH is 2. The van der Waals surface area contributed by atoms with Crippen LogP contribution in [0.3, 0.4) is 0 Å². The summed E-state index contributed by atoms with van der Waals surface area (Å²) in [7, 11) is 0. The molecule has 128 valence electrons. The van der Waals surface area contributed by atoms with Gasteiger partial charge < -0.3 is 20.4 Å². The first kappa shape index (κ1) is 19.3. The molecular weight excluding hydrogens is 312 g/mol. The molecule has 2 aromatic carbocycles. The molecule has 2 aromatic rings. The van der Waals surface area contributed by atoms with Crippen molar-refractivity contribution in [2.45, 2.75) is 25.0 Å². The fourth-order valence-corrected chi connectivity index (χ4v) is 1.85. The molecule has 24 heavy (non-hydrogen) atoms. The molecule has 0 aliphatic carbocycles. The van der Waals surface area contributed by atoms with Gasteiger partial charge in [0.05, 0.1) is 0 Å². The van der Waals surface area contributed by atoms with Crippen molar-refractivity contribution >= 4 is 11.9 Å². The number of hydrogen-bond acceptors (Lipinski definition) is 4. The van der Waals surface area contributed by atoms with Gasteiger partial charge in [-0.25, -0.2) is 9.59 Å². The minimum absolute atomic E-state index is 1.13. The van der Waals surface area contributed by atoms with E-state index < -0.39 is 24.1 Å². The lowest BCUT2D eigenvalue weighted by molar-refractivity contribution is -0.165. The Morgan fingerprint density at radius 2 is 0.958 bits per heavy atom. The Kier molecular flexibility index (Phi) is 8.18. The molecule has 0 aromatic heterocycles. The van der Waals surface area contributed by atoms with Crippen molar-refractivity contribution in [1.29, 1.82) is 0 Å². The zero-order chi connectivity index (χ0) is 17.9. The van der Waals surface area contributed by atoms with Crippen molar-refractivity contribution in [3.05, 3.63) is 71.8 Å². The molecule has 0 spiro atoms. The van der Waals surface area contributed by atoms with E-state index >= 15 is 0 Å². The van der Waals surface area contributed by atoms with Gasteiger partial charge in [-0.3, -0.25) is 0 Å². The molecule has 0 aliphatic heterocycles. The number of carboxylic acids is 2. The van der Waals surface area contributed by atoms with Crippen molar-refractivity contribution in [1.82, 2.24) is 0 Å². The number of aliphatic carboxylic acids is 2. The third-order valence-corrected chi connectivity index (χ3v) is 3.19. The van der Waals surface area contributed by atoms with E-state index in [4.69, 9.17) is 20.4 Å². The number of aryl methyl sites for hydroxylation is 2. The Labute approximate surface area is 139 Å². The van der Waals surface area contributed by atoms with Gasteiger partial charge in [-0.1, -0.05) is 60.7 Å². The van der Waals surface area contributed by atoms with Crippen molar-refractivity contribution < 1.29 is 30.0 Å². The molecule has 0 aliphatic rings. The Bertz CT molecular complexity index is 569. The molecule has 0 saturated carbocycles. The molecule has 2 unspecified atom stereocenters. The van der Waals surface area contributed by atoms with E-state index in [0.29, 0.717) is 0 Å². The van der Waals surface area contributed by atoms with Crippen molar-refractivity contribution in [3.8, 4) is 0 Å². The van der Waals surface area contributed by atoms with Gasteiger partial charge in [0.1, 0.15) is 0 Å². The van der Waals surface area contributed by atoms with Crippen LogP contribution in [0.2, 0.25) is 0 Å². The summed E-state index contributed by atoms with van der Waals surface area (Å²) in [5.41, 5.74) is 2.83. The fourth-order valence-electron chi connectivity index (χ4n) is 1.85. The summed E-state index contributed by atoms with van der Waals surface area (Å²) in [5, 5.41) is 32.5. The number of carboxylic acid groups (broad SMARTS) is 2.